The number of nitrogens with zero attached hydrogens (tertiary/aromatic N) is 2. The molecule has 0 aliphatic rings. The smallest absolute Gasteiger partial charge is 0.138 e. The van der Waals surface area contributed by atoms with E-state index in [0.717, 1.165) is 50.1 Å². The van der Waals surface area contributed by atoms with Gasteiger partial charge in [0, 0.05) is 60.4 Å². The van der Waals surface area contributed by atoms with Gasteiger partial charge in [0.15, 0.2) is 0 Å². The zero-order chi connectivity index (χ0) is 32.3. The largest absolute Gasteiger partial charge is 0.456 e. The highest BCUT2D eigenvalue weighted by molar-refractivity contribution is 7.25. The van der Waals surface area contributed by atoms with Crippen molar-refractivity contribution in [2.24, 2.45) is 0 Å². The topological polar surface area (TPSA) is 29.3 Å². The van der Waals surface area contributed by atoms with Crippen molar-refractivity contribution in [2.75, 3.05) is 4.90 Å². The van der Waals surface area contributed by atoms with Crippen LogP contribution in [0.4, 0.5) is 17.1 Å². The van der Waals surface area contributed by atoms with Crippen molar-refractivity contribution in [3.05, 3.63) is 170 Å². The van der Waals surface area contributed by atoms with Gasteiger partial charge in [-0.05, 0) is 99.8 Å². The summed E-state index contributed by atoms with van der Waals surface area (Å²) < 4.78 is 8.66. The third-order valence-electron chi connectivity index (χ3n) is 9.57. The van der Waals surface area contributed by atoms with Gasteiger partial charge in [-0.15, -0.1) is 11.3 Å². The Kier molecular flexibility index (Phi) is 6.36. The number of anilines is 3. The minimum absolute atomic E-state index is 0.856. The molecule has 0 saturated carbocycles. The van der Waals surface area contributed by atoms with Gasteiger partial charge in [0.2, 0.25) is 0 Å². The molecule has 3 nitrogen and oxygen atoms in total. The van der Waals surface area contributed by atoms with Gasteiger partial charge in [0.25, 0.3) is 0 Å². The molecule has 4 heteroatoms. The Morgan fingerprint density at radius 3 is 1.98 bits per heavy atom. The van der Waals surface area contributed by atoms with Crippen LogP contribution in [0.15, 0.2) is 175 Å². The predicted octanol–water partition coefficient (Wildman–Crippen LogP) is 13.3. The third-order valence-corrected chi connectivity index (χ3v) is 10.7. The van der Waals surface area contributed by atoms with Gasteiger partial charge in [-0.25, -0.2) is 0 Å². The molecular weight excluding hydrogens is 617 g/mol. The SMILES string of the molecule is c1ccc2c(-c3ccc(N(c4ccc(-c5ccc6oc7ccncc7c6c5)cc4)c4ccc5sc6ccccc6c5c4)cc3)cccc2c1. The minimum Gasteiger partial charge on any atom is -0.456 e. The van der Waals surface area contributed by atoms with Crippen molar-refractivity contribution in [1.82, 2.24) is 4.98 Å². The van der Waals surface area contributed by atoms with Crippen molar-refractivity contribution in [3.63, 3.8) is 0 Å². The second-order valence-electron chi connectivity index (χ2n) is 12.4. The normalized spacial score (nSPS) is 11.7. The summed E-state index contributed by atoms with van der Waals surface area (Å²) in [6.07, 6.45) is 3.65. The van der Waals surface area contributed by atoms with E-state index >= 15 is 0 Å². The summed E-state index contributed by atoms with van der Waals surface area (Å²) in [6.45, 7) is 0. The van der Waals surface area contributed by atoms with Gasteiger partial charge < -0.3 is 9.32 Å². The summed E-state index contributed by atoms with van der Waals surface area (Å²) in [5.41, 5.74) is 9.79. The Morgan fingerprint density at radius 2 is 1.12 bits per heavy atom. The van der Waals surface area contributed by atoms with Crippen molar-refractivity contribution in [2.45, 2.75) is 0 Å². The zero-order valence-corrected chi connectivity index (χ0v) is 27.2. The molecule has 0 unspecified atom stereocenters. The maximum absolute atomic E-state index is 6.05. The summed E-state index contributed by atoms with van der Waals surface area (Å²) >= 11 is 1.85. The molecule has 0 N–H and O–H groups in total. The van der Waals surface area contributed by atoms with Crippen LogP contribution in [0, 0.1) is 0 Å². The standard InChI is InChI=1S/C45H28N2OS/c1-2-8-36-30(6-1)7-5-10-37(36)31-14-19-34(20-15-31)47(35-21-23-45-40(27-35)38-9-3-4-11-44(38)49-45)33-17-12-29(13-18-33)32-16-22-42-39(26-32)41-28-46-25-24-43(41)48-42/h1-28H. The number of hydrogen-bond donors (Lipinski definition) is 0. The summed E-state index contributed by atoms with van der Waals surface area (Å²) in [6, 6.07) is 56.8. The van der Waals surface area contributed by atoms with Gasteiger partial charge in [-0.3, -0.25) is 4.98 Å². The average Bonchev–Trinajstić information content (AvgIpc) is 3.73. The molecule has 0 bridgehead atoms. The van der Waals surface area contributed by atoms with Crippen molar-refractivity contribution >= 4 is 81.3 Å². The van der Waals surface area contributed by atoms with Gasteiger partial charge in [-0.1, -0.05) is 91.0 Å². The molecule has 0 radical (unpaired) electrons. The highest BCUT2D eigenvalue weighted by Gasteiger charge is 2.16. The monoisotopic (exact) mass is 644 g/mol. The molecule has 10 rings (SSSR count). The molecule has 0 saturated heterocycles. The highest BCUT2D eigenvalue weighted by atomic mass is 32.1. The van der Waals surface area contributed by atoms with E-state index in [1.54, 1.807) is 6.20 Å². The van der Waals surface area contributed by atoms with Crippen LogP contribution in [0.25, 0.3) is 75.1 Å². The van der Waals surface area contributed by atoms with Crippen molar-refractivity contribution in [1.29, 1.82) is 0 Å². The van der Waals surface area contributed by atoms with Crippen LogP contribution in [0.3, 0.4) is 0 Å². The Balaban J connectivity index is 1.08. The summed E-state index contributed by atoms with van der Waals surface area (Å²) in [4.78, 5) is 6.69. The number of benzene rings is 7. The number of hydrogen-bond acceptors (Lipinski definition) is 4. The molecule has 3 heterocycles. The summed E-state index contributed by atoms with van der Waals surface area (Å²) in [5.74, 6) is 0. The third kappa shape index (κ3) is 4.68. The molecule has 230 valence electrons. The first-order valence-corrected chi connectivity index (χ1v) is 17.2. The number of fused-ring (bicyclic) bond motifs is 7. The lowest BCUT2D eigenvalue weighted by atomic mass is 9.98. The molecule has 0 aliphatic carbocycles. The van der Waals surface area contributed by atoms with Crippen LogP contribution in [0.2, 0.25) is 0 Å². The molecule has 0 spiro atoms. The highest BCUT2D eigenvalue weighted by Crippen LogP contribution is 2.42. The van der Waals surface area contributed by atoms with Crippen LogP contribution >= 0.6 is 11.3 Å². The maximum Gasteiger partial charge on any atom is 0.138 e. The fraction of sp³-hybridized carbons (Fsp3) is 0. The number of furan rings is 1. The lowest BCUT2D eigenvalue weighted by molar-refractivity contribution is 0.668. The minimum atomic E-state index is 0.856. The number of pyridine rings is 1. The van der Waals surface area contributed by atoms with E-state index in [4.69, 9.17) is 4.42 Å². The fourth-order valence-corrected chi connectivity index (χ4v) is 8.26. The molecule has 7 aromatic carbocycles. The first kappa shape index (κ1) is 27.8. The Bertz CT molecular complexity index is 2820. The molecule has 0 atom stereocenters. The van der Waals surface area contributed by atoms with E-state index in [9.17, 15) is 0 Å². The summed E-state index contributed by atoms with van der Waals surface area (Å²) in [7, 11) is 0. The number of thiophene rings is 1. The Hall–Kier alpha value is -6.23. The first-order chi connectivity index (χ1) is 24.3. The van der Waals surface area contributed by atoms with Gasteiger partial charge >= 0.3 is 0 Å². The Morgan fingerprint density at radius 1 is 0.449 bits per heavy atom. The quantitative estimate of drug-likeness (QED) is 0.187. The van der Waals surface area contributed by atoms with Gasteiger partial charge in [-0.2, -0.15) is 0 Å². The van der Waals surface area contributed by atoms with Crippen molar-refractivity contribution in [3.8, 4) is 22.3 Å². The molecule has 0 aliphatic heterocycles. The van der Waals surface area contributed by atoms with Crippen molar-refractivity contribution < 1.29 is 4.42 Å². The van der Waals surface area contributed by atoms with E-state index in [1.807, 2.05) is 23.6 Å². The van der Waals surface area contributed by atoms with Crippen LogP contribution in [-0.2, 0) is 0 Å². The van der Waals surface area contributed by atoms with E-state index in [0.29, 0.717) is 0 Å². The Labute approximate surface area is 286 Å². The molecule has 10 aromatic rings. The lowest BCUT2D eigenvalue weighted by Gasteiger charge is -2.26. The molecule has 49 heavy (non-hydrogen) atoms. The fourth-order valence-electron chi connectivity index (χ4n) is 7.17. The van der Waals surface area contributed by atoms with Crippen LogP contribution < -0.4 is 4.90 Å². The second kappa shape index (κ2) is 11.2. The molecule has 3 aromatic heterocycles. The molecular formula is C45H28N2OS. The van der Waals surface area contributed by atoms with Crippen LogP contribution in [0.5, 0.6) is 0 Å². The zero-order valence-electron chi connectivity index (χ0n) is 26.4. The lowest BCUT2D eigenvalue weighted by Crippen LogP contribution is -2.09. The van der Waals surface area contributed by atoms with Gasteiger partial charge in [0.1, 0.15) is 11.2 Å². The van der Waals surface area contributed by atoms with E-state index in [-0.39, 0.29) is 0 Å². The molecule has 0 fully saturated rings. The van der Waals surface area contributed by atoms with E-state index in [1.165, 1.54) is 42.1 Å². The van der Waals surface area contributed by atoms with Crippen LogP contribution in [0.1, 0.15) is 0 Å². The first-order valence-electron chi connectivity index (χ1n) is 16.4. The number of aromatic nitrogens is 1. The van der Waals surface area contributed by atoms with Gasteiger partial charge in [0.05, 0.1) is 0 Å². The van der Waals surface area contributed by atoms with E-state index in [2.05, 4.69) is 162 Å². The number of rotatable bonds is 5. The molecule has 0 amide bonds. The predicted molar refractivity (Wildman–Crippen MR) is 207 cm³/mol. The van der Waals surface area contributed by atoms with Crippen LogP contribution in [-0.4, -0.2) is 4.98 Å². The second-order valence-corrected chi connectivity index (χ2v) is 13.5. The maximum atomic E-state index is 6.05. The average molecular weight is 645 g/mol. The van der Waals surface area contributed by atoms with E-state index < -0.39 is 0 Å². The summed E-state index contributed by atoms with van der Waals surface area (Å²) in [5, 5.41) is 7.20.